The van der Waals surface area contributed by atoms with Gasteiger partial charge in [-0.05, 0) is 37.8 Å². The standard InChI is InChI=1S/C14H21N3O/c15-14(16)12-7-1-2-8-13(12)17-9-3-5-11(17)6-4-10-18/h1-2,7-8,11,18H,3-6,9-10H2,(H3,15,16). The van der Waals surface area contributed by atoms with Crippen molar-refractivity contribution in [2.24, 2.45) is 5.73 Å². The van der Waals surface area contributed by atoms with Gasteiger partial charge in [-0.2, -0.15) is 0 Å². The summed E-state index contributed by atoms with van der Waals surface area (Å²) in [5.74, 6) is 0.124. The Kier molecular flexibility index (Phi) is 4.20. The molecule has 4 N–H and O–H groups in total. The van der Waals surface area contributed by atoms with E-state index in [2.05, 4.69) is 4.90 Å². The minimum Gasteiger partial charge on any atom is -0.396 e. The highest BCUT2D eigenvalue weighted by atomic mass is 16.2. The van der Waals surface area contributed by atoms with Gasteiger partial charge in [0.2, 0.25) is 0 Å². The third-order valence-corrected chi connectivity index (χ3v) is 3.58. The maximum absolute atomic E-state index is 8.95. The molecule has 0 bridgehead atoms. The average Bonchev–Trinajstić information content (AvgIpc) is 2.84. The van der Waals surface area contributed by atoms with Gasteiger partial charge in [-0.25, -0.2) is 0 Å². The smallest absolute Gasteiger partial charge is 0.124 e. The third kappa shape index (κ3) is 2.64. The highest BCUT2D eigenvalue weighted by molar-refractivity contribution is 6.00. The lowest BCUT2D eigenvalue weighted by atomic mass is 10.1. The number of para-hydroxylation sites is 1. The summed E-state index contributed by atoms with van der Waals surface area (Å²) < 4.78 is 0. The molecule has 98 valence electrons. The maximum atomic E-state index is 8.95. The number of amidine groups is 1. The summed E-state index contributed by atoms with van der Waals surface area (Å²) in [4.78, 5) is 2.34. The molecule has 2 rings (SSSR count). The molecule has 1 aromatic rings. The Morgan fingerprint density at radius 1 is 1.44 bits per heavy atom. The second-order valence-electron chi connectivity index (χ2n) is 4.79. The van der Waals surface area contributed by atoms with Crippen LogP contribution in [-0.4, -0.2) is 30.1 Å². The number of hydrogen-bond donors (Lipinski definition) is 3. The molecule has 0 amide bonds. The lowest BCUT2D eigenvalue weighted by Gasteiger charge is -2.28. The first kappa shape index (κ1) is 12.9. The maximum Gasteiger partial charge on any atom is 0.124 e. The van der Waals surface area contributed by atoms with Gasteiger partial charge < -0.3 is 15.7 Å². The molecule has 1 aliphatic rings. The molecule has 0 aromatic heterocycles. The van der Waals surface area contributed by atoms with Crippen LogP contribution >= 0.6 is 0 Å². The van der Waals surface area contributed by atoms with Gasteiger partial charge in [0, 0.05) is 30.4 Å². The fourth-order valence-electron chi connectivity index (χ4n) is 2.73. The molecule has 1 unspecified atom stereocenters. The summed E-state index contributed by atoms with van der Waals surface area (Å²) >= 11 is 0. The molecule has 1 saturated heterocycles. The summed E-state index contributed by atoms with van der Waals surface area (Å²) in [6.07, 6.45) is 4.17. The monoisotopic (exact) mass is 247 g/mol. The first-order chi connectivity index (χ1) is 8.74. The zero-order valence-electron chi connectivity index (χ0n) is 10.6. The van der Waals surface area contributed by atoms with Crippen LogP contribution in [0.5, 0.6) is 0 Å². The minimum atomic E-state index is 0.124. The summed E-state index contributed by atoms with van der Waals surface area (Å²) in [6, 6.07) is 8.31. The first-order valence-corrected chi connectivity index (χ1v) is 6.55. The lowest BCUT2D eigenvalue weighted by Crippen LogP contribution is -2.31. The van der Waals surface area contributed by atoms with Gasteiger partial charge in [0.1, 0.15) is 5.84 Å². The van der Waals surface area contributed by atoms with Gasteiger partial charge in [-0.3, -0.25) is 5.41 Å². The zero-order chi connectivity index (χ0) is 13.0. The second kappa shape index (κ2) is 5.87. The SMILES string of the molecule is N=C(N)c1ccccc1N1CCCC1CCCO. The van der Waals surface area contributed by atoms with E-state index >= 15 is 0 Å². The number of nitrogens with two attached hydrogens (primary N) is 1. The van der Waals surface area contributed by atoms with E-state index in [0.717, 1.165) is 37.1 Å². The summed E-state index contributed by atoms with van der Waals surface area (Å²) in [5, 5.41) is 16.6. The van der Waals surface area contributed by atoms with E-state index in [9.17, 15) is 0 Å². The second-order valence-corrected chi connectivity index (χ2v) is 4.79. The van der Waals surface area contributed by atoms with Crippen molar-refractivity contribution < 1.29 is 5.11 Å². The predicted octanol–water partition coefficient (Wildman–Crippen LogP) is 1.71. The van der Waals surface area contributed by atoms with E-state index in [-0.39, 0.29) is 12.4 Å². The number of aliphatic hydroxyl groups excluding tert-OH is 1. The van der Waals surface area contributed by atoms with Crippen LogP contribution in [-0.2, 0) is 0 Å². The molecular formula is C14H21N3O. The number of rotatable bonds is 5. The molecule has 0 spiro atoms. The van der Waals surface area contributed by atoms with Crippen LogP contribution < -0.4 is 10.6 Å². The summed E-state index contributed by atoms with van der Waals surface area (Å²) in [7, 11) is 0. The Morgan fingerprint density at radius 3 is 2.94 bits per heavy atom. The topological polar surface area (TPSA) is 73.3 Å². The molecule has 4 heteroatoms. The fraction of sp³-hybridized carbons (Fsp3) is 0.500. The van der Waals surface area contributed by atoms with Crippen LogP contribution in [0, 0.1) is 5.41 Å². The van der Waals surface area contributed by atoms with Crippen LogP contribution in [0.3, 0.4) is 0 Å². The fourth-order valence-corrected chi connectivity index (χ4v) is 2.73. The van der Waals surface area contributed by atoms with Crippen LogP contribution in [0.15, 0.2) is 24.3 Å². The number of nitrogens with one attached hydrogen (secondary N) is 1. The Bertz CT molecular complexity index is 419. The minimum absolute atomic E-state index is 0.124. The lowest BCUT2D eigenvalue weighted by molar-refractivity contribution is 0.279. The van der Waals surface area contributed by atoms with Crippen LogP contribution in [0.1, 0.15) is 31.2 Å². The van der Waals surface area contributed by atoms with Crippen molar-refractivity contribution in [3.63, 3.8) is 0 Å². The summed E-state index contributed by atoms with van der Waals surface area (Å²) in [6.45, 7) is 1.26. The first-order valence-electron chi connectivity index (χ1n) is 6.55. The van der Waals surface area contributed by atoms with Crippen molar-refractivity contribution in [2.75, 3.05) is 18.1 Å². The van der Waals surface area contributed by atoms with Gasteiger partial charge in [-0.15, -0.1) is 0 Å². The van der Waals surface area contributed by atoms with Gasteiger partial charge >= 0.3 is 0 Å². The van der Waals surface area contributed by atoms with Crippen LogP contribution in [0.4, 0.5) is 5.69 Å². The number of anilines is 1. The third-order valence-electron chi connectivity index (χ3n) is 3.58. The molecule has 0 aliphatic carbocycles. The van der Waals surface area contributed by atoms with E-state index < -0.39 is 0 Å². The normalized spacial score (nSPS) is 19.2. The number of hydrogen-bond acceptors (Lipinski definition) is 3. The molecule has 0 saturated carbocycles. The van der Waals surface area contributed by atoms with Crippen LogP contribution in [0.25, 0.3) is 0 Å². The molecule has 0 radical (unpaired) electrons. The molecule has 4 nitrogen and oxygen atoms in total. The van der Waals surface area contributed by atoms with E-state index in [1.165, 1.54) is 6.42 Å². The largest absolute Gasteiger partial charge is 0.396 e. The molecule has 1 fully saturated rings. The number of nitrogens with zero attached hydrogens (tertiary/aromatic N) is 1. The van der Waals surface area contributed by atoms with Gasteiger partial charge in [-0.1, -0.05) is 12.1 Å². The van der Waals surface area contributed by atoms with Crippen molar-refractivity contribution >= 4 is 11.5 Å². The highest BCUT2D eigenvalue weighted by Gasteiger charge is 2.26. The molecule has 1 atom stereocenters. The van der Waals surface area contributed by atoms with Crippen LogP contribution in [0.2, 0.25) is 0 Å². The van der Waals surface area contributed by atoms with Gasteiger partial charge in [0.25, 0.3) is 0 Å². The Labute approximate surface area is 108 Å². The Hall–Kier alpha value is -1.55. The Balaban J connectivity index is 2.21. The molecule has 1 aromatic carbocycles. The molecule has 1 heterocycles. The van der Waals surface area contributed by atoms with E-state index in [4.69, 9.17) is 16.2 Å². The van der Waals surface area contributed by atoms with Gasteiger partial charge in [0.05, 0.1) is 0 Å². The zero-order valence-corrected chi connectivity index (χ0v) is 10.6. The van der Waals surface area contributed by atoms with E-state index in [0.29, 0.717) is 6.04 Å². The average molecular weight is 247 g/mol. The number of aliphatic hydroxyl groups is 1. The van der Waals surface area contributed by atoms with Crippen molar-refractivity contribution in [1.29, 1.82) is 5.41 Å². The quantitative estimate of drug-likeness (QED) is 0.548. The number of benzene rings is 1. The number of nitrogen functional groups attached to an aromatic ring is 1. The molecule has 1 aliphatic heterocycles. The van der Waals surface area contributed by atoms with Crippen molar-refractivity contribution in [3.8, 4) is 0 Å². The highest BCUT2D eigenvalue weighted by Crippen LogP contribution is 2.30. The predicted molar refractivity (Wildman–Crippen MR) is 74.1 cm³/mol. The summed E-state index contributed by atoms with van der Waals surface area (Å²) in [5.41, 5.74) is 7.52. The Morgan fingerprint density at radius 2 is 2.22 bits per heavy atom. The van der Waals surface area contributed by atoms with Crippen molar-refractivity contribution in [2.45, 2.75) is 31.7 Å². The van der Waals surface area contributed by atoms with E-state index in [1.807, 2.05) is 24.3 Å². The van der Waals surface area contributed by atoms with Gasteiger partial charge in [0.15, 0.2) is 0 Å². The molecular weight excluding hydrogens is 226 g/mol. The van der Waals surface area contributed by atoms with Crippen molar-refractivity contribution in [1.82, 2.24) is 0 Å². The van der Waals surface area contributed by atoms with Crippen molar-refractivity contribution in [3.05, 3.63) is 29.8 Å². The molecule has 18 heavy (non-hydrogen) atoms. The van der Waals surface area contributed by atoms with E-state index in [1.54, 1.807) is 0 Å².